The fourth-order valence-electron chi connectivity index (χ4n) is 3.61. The molecule has 0 bridgehead atoms. The summed E-state index contributed by atoms with van der Waals surface area (Å²) in [6.07, 6.45) is 4.97. The molecule has 1 aliphatic carbocycles. The van der Waals surface area contributed by atoms with Gasteiger partial charge in [0.25, 0.3) is 0 Å². The van der Waals surface area contributed by atoms with Crippen molar-refractivity contribution in [2.24, 2.45) is 5.92 Å². The Kier molecular flexibility index (Phi) is 4.22. The number of urea groups is 1. The molecule has 1 saturated heterocycles. The first-order valence-electron chi connectivity index (χ1n) is 7.85. The van der Waals surface area contributed by atoms with E-state index in [1.165, 1.54) is 17.5 Å². The fourth-order valence-corrected chi connectivity index (χ4v) is 4.46. The van der Waals surface area contributed by atoms with Crippen LogP contribution >= 0.6 is 11.3 Å². The summed E-state index contributed by atoms with van der Waals surface area (Å²) in [5.74, 6) is 0.258. The number of hydrogen-bond acceptors (Lipinski definition) is 3. The van der Waals surface area contributed by atoms with Crippen molar-refractivity contribution in [2.45, 2.75) is 51.2 Å². The second-order valence-electron chi connectivity index (χ2n) is 6.48. The highest BCUT2D eigenvalue weighted by Gasteiger charge is 2.43. The van der Waals surface area contributed by atoms with Crippen LogP contribution in [0, 0.1) is 12.8 Å². The second kappa shape index (κ2) is 5.97. The third-order valence-electron chi connectivity index (χ3n) is 5.11. The van der Waals surface area contributed by atoms with Gasteiger partial charge in [-0.1, -0.05) is 12.8 Å². The minimum Gasteiger partial charge on any atom is -0.389 e. The van der Waals surface area contributed by atoms with E-state index in [0.717, 1.165) is 25.7 Å². The van der Waals surface area contributed by atoms with Gasteiger partial charge in [0.2, 0.25) is 0 Å². The summed E-state index contributed by atoms with van der Waals surface area (Å²) in [6, 6.07) is 0.00761. The van der Waals surface area contributed by atoms with Gasteiger partial charge < -0.3 is 15.3 Å². The number of likely N-dealkylation sites (tertiary alicyclic amines) is 1. The van der Waals surface area contributed by atoms with Gasteiger partial charge in [-0.2, -0.15) is 11.3 Å². The molecule has 2 atom stereocenters. The van der Waals surface area contributed by atoms with Gasteiger partial charge in [0.1, 0.15) is 0 Å². The highest BCUT2D eigenvalue weighted by Crippen LogP contribution is 2.39. The summed E-state index contributed by atoms with van der Waals surface area (Å²) in [5, 5.41) is 17.9. The summed E-state index contributed by atoms with van der Waals surface area (Å²) in [4.78, 5) is 14.2. The van der Waals surface area contributed by atoms with E-state index < -0.39 is 5.60 Å². The average molecular weight is 308 g/mol. The van der Waals surface area contributed by atoms with E-state index in [-0.39, 0.29) is 11.9 Å². The lowest BCUT2D eigenvalue weighted by Crippen LogP contribution is -2.56. The van der Waals surface area contributed by atoms with Gasteiger partial charge in [0, 0.05) is 25.6 Å². The normalized spacial score (nSPS) is 29.0. The van der Waals surface area contributed by atoms with E-state index in [1.807, 2.05) is 4.90 Å². The monoisotopic (exact) mass is 308 g/mol. The Morgan fingerprint density at radius 1 is 1.48 bits per heavy atom. The number of nitrogens with zero attached hydrogens (tertiary/aromatic N) is 1. The molecule has 0 unspecified atom stereocenters. The maximum atomic E-state index is 12.3. The van der Waals surface area contributed by atoms with Crippen LogP contribution in [0.1, 0.15) is 43.2 Å². The first-order chi connectivity index (χ1) is 10.1. The third-order valence-corrected chi connectivity index (χ3v) is 6.02. The molecule has 0 spiro atoms. The fraction of sp³-hybridized carbons (Fsp3) is 0.688. The molecule has 1 aromatic rings. The Labute approximate surface area is 130 Å². The highest BCUT2D eigenvalue weighted by atomic mass is 32.1. The van der Waals surface area contributed by atoms with Gasteiger partial charge >= 0.3 is 6.03 Å². The van der Waals surface area contributed by atoms with Crippen LogP contribution in [0.2, 0.25) is 0 Å². The number of fused-ring (bicyclic) bond motifs is 1. The zero-order chi connectivity index (χ0) is 14.9. The van der Waals surface area contributed by atoms with Crippen LogP contribution in [0.5, 0.6) is 0 Å². The quantitative estimate of drug-likeness (QED) is 0.882. The summed E-state index contributed by atoms with van der Waals surface area (Å²) >= 11 is 1.67. The lowest BCUT2D eigenvalue weighted by atomic mass is 9.71. The van der Waals surface area contributed by atoms with E-state index in [0.29, 0.717) is 19.6 Å². The molecule has 0 radical (unpaired) electrons. The van der Waals surface area contributed by atoms with Crippen molar-refractivity contribution in [3.8, 4) is 0 Å². The number of piperidine rings is 1. The standard InChI is InChI=1S/C16H24N2O2S/c1-12-10-21-11-13(12)8-17-15(19)18-7-6-16(20)5-3-2-4-14(16)9-18/h10-11,14,20H,2-9H2,1H3,(H,17,19)/t14-,16+/m0/s1. The molecule has 2 N–H and O–H groups in total. The number of nitrogens with one attached hydrogen (secondary N) is 1. The highest BCUT2D eigenvalue weighted by molar-refractivity contribution is 7.08. The Bertz CT molecular complexity index is 516. The molecule has 21 heavy (non-hydrogen) atoms. The van der Waals surface area contributed by atoms with Crippen molar-refractivity contribution in [1.29, 1.82) is 0 Å². The predicted molar refractivity (Wildman–Crippen MR) is 84.4 cm³/mol. The van der Waals surface area contributed by atoms with Crippen LogP contribution < -0.4 is 5.32 Å². The summed E-state index contributed by atoms with van der Waals surface area (Å²) in [6.45, 7) is 4.03. The van der Waals surface area contributed by atoms with Gasteiger partial charge in [-0.15, -0.1) is 0 Å². The molecule has 2 aliphatic rings. The maximum absolute atomic E-state index is 12.3. The third kappa shape index (κ3) is 3.09. The molecule has 2 amide bonds. The topological polar surface area (TPSA) is 52.6 Å². The number of hydrogen-bond donors (Lipinski definition) is 2. The average Bonchev–Trinajstić information content (AvgIpc) is 2.89. The molecular formula is C16H24N2O2S. The molecule has 116 valence electrons. The predicted octanol–water partition coefficient (Wildman–Crippen LogP) is 2.89. The van der Waals surface area contributed by atoms with Crippen molar-refractivity contribution in [2.75, 3.05) is 13.1 Å². The second-order valence-corrected chi connectivity index (χ2v) is 7.22. The van der Waals surface area contributed by atoms with Gasteiger partial charge in [-0.3, -0.25) is 0 Å². The van der Waals surface area contributed by atoms with E-state index >= 15 is 0 Å². The van der Waals surface area contributed by atoms with Crippen LogP contribution in [-0.4, -0.2) is 34.7 Å². The maximum Gasteiger partial charge on any atom is 0.317 e. The summed E-state index contributed by atoms with van der Waals surface area (Å²) in [5.41, 5.74) is 1.92. The zero-order valence-electron chi connectivity index (χ0n) is 12.6. The molecule has 3 rings (SSSR count). The van der Waals surface area contributed by atoms with Crippen LogP contribution in [0.25, 0.3) is 0 Å². The van der Waals surface area contributed by atoms with Gasteiger partial charge in [0.05, 0.1) is 5.60 Å². The molecule has 0 aromatic carbocycles. The molecule has 2 fully saturated rings. The summed E-state index contributed by atoms with van der Waals surface area (Å²) < 4.78 is 0. The first kappa shape index (κ1) is 14.9. The number of thiophene rings is 1. The number of aryl methyl sites for hydroxylation is 1. The van der Waals surface area contributed by atoms with Gasteiger partial charge in [0.15, 0.2) is 0 Å². The molecule has 1 aliphatic heterocycles. The van der Waals surface area contributed by atoms with Crippen molar-refractivity contribution >= 4 is 17.4 Å². The molecule has 1 saturated carbocycles. The Balaban J connectivity index is 1.55. The number of carbonyl (C=O) groups excluding carboxylic acids is 1. The lowest BCUT2D eigenvalue weighted by Gasteiger charge is -2.47. The smallest absolute Gasteiger partial charge is 0.317 e. The van der Waals surface area contributed by atoms with Crippen LogP contribution in [-0.2, 0) is 6.54 Å². The first-order valence-corrected chi connectivity index (χ1v) is 8.79. The van der Waals surface area contributed by atoms with Crippen LogP contribution in [0.3, 0.4) is 0 Å². The van der Waals surface area contributed by atoms with Crippen molar-refractivity contribution in [1.82, 2.24) is 10.2 Å². The van der Waals surface area contributed by atoms with E-state index in [1.54, 1.807) is 11.3 Å². The van der Waals surface area contributed by atoms with E-state index in [4.69, 9.17) is 0 Å². The molecule has 2 heterocycles. The van der Waals surface area contributed by atoms with Crippen molar-refractivity contribution < 1.29 is 9.90 Å². The Morgan fingerprint density at radius 2 is 2.33 bits per heavy atom. The largest absolute Gasteiger partial charge is 0.389 e. The van der Waals surface area contributed by atoms with Gasteiger partial charge in [-0.25, -0.2) is 4.79 Å². The van der Waals surface area contributed by atoms with Crippen molar-refractivity contribution in [3.63, 3.8) is 0 Å². The molecule has 4 nitrogen and oxygen atoms in total. The van der Waals surface area contributed by atoms with E-state index in [9.17, 15) is 9.90 Å². The number of amides is 2. The van der Waals surface area contributed by atoms with Crippen molar-refractivity contribution in [3.05, 3.63) is 21.9 Å². The number of rotatable bonds is 2. The van der Waals surface area contributed by atoms with Crippen LogP contribution in [0.4, 0.5) is 4.79 Å². The SMILES string of the molecule is Cc1cscc1CNC(=O)N1CC[C@]2(O)CCCC[C@H]2C1. The minimum absolute atomic E-state index is 0.00761. The minimum atomic E-state index is -0.515. The summed E-state index contributed by atoms with van der Waals surface area (Å²) in [7, 11) is 0. The zero-order valence-corrected chi connectivity index (χ0v) is 13.4. The lowest BCUT2D eigenvalue weighted by molar-refractivity contribution is -0.0870. The number of carbonyl (C=O) groups is 1. The molecular weight excluding hydrogens is 284 g/mol. The van der Waals surface area contributed by atoms with Crippen LogP contribution in [0.15, 0.2) is 10.8 Å². The Hall–Kier alpha value is -1.07. The van der Waals surface area contributed by atoms with E-state index in [2.05, 4.69) is 23.0 Å². The molecule has 5 heteroatoms. The number of aliphatic hydroxyl groups is 1. The van der Waals surface area contributed by atoms with Gasteiger partial charge in [-0.05, 0) is 48.1 Å². The Morgan fingerprint density at radius 3 is 3.10 bits per heavy atom. The molecule has 1 aromatic heterocycles.